The van der Waals surface area contributed by atoms with Crippen LogP contribution in [0.1, 0.15) is 39.5 Å². The Morgan fingerprint density at radius 3 is 2.52 bits per heavy atom. The minimum absolute atomic E-state index is 0.0657. The van der Waals surface area contributed by atoms with Crippen LogP contribution in [0.2, 0.25) is 0 Å². The number of likely N-dealkylation sites (N-methyl/N-ethyl adjacent to an activating group) is 1. The number of aliphatic carboxylic acids is 1. The van der Waals surface area contributed by atoms with Gasteiger partial charge in [-0.15, -0.1) is 0 Å². The van der Waals surface area contributed by atoms with Crippen molar-refractivity contribution in [3.63, 3.8) is 0 Å². The Balaban J connectivity index is 2.76. The molecule has 1 aliphatic rings. The third-order valence-electron chi connectivity index (χ3n) is 3.80. The molecular weight excluding hydrogens is 330 g/mol. The van der Waals surface area contributed by atoms with E-state index >= 15 is 0 Å². The number of carboxylic acids is 1. The molecular formula is C16H27N3O6. The van der Waals surface area contributed by atoms with Gasteiger partial charge in [0, 0.05) is 13.0 Å². The molecule has 0 aromatic carbocycles. The van der Waals surface area contributed by atoms with Crippen LogP contribution in [0.5, 0.6) is 0 Å². The number of carboxylic acid groups (broad SMARTS) is 1. The highest BCUT2D eigenvalue weighted by Gasteiger charge is 2.35. The Morgan fingerprint density at radius 2 is 1.96 bits per heavy atom. The van der Waals surface area contributed by atoms with E-state index in [0.29, 0.717) is 19.4 Å². The molecule has 3 N–H and O–H groups in total. The Morgan fingerprint density at radius 1 is 1.28 bits per heavy atom. The number of esters is 1. The zero-order valence-electron chi connectivity index (χ0n) is 14.9. The summed E-state index contributed by atoms with van der Waals surface area (Å²) in [5.41, 5.74) is 0. The van der Waals surface area contributed by atoms with E-state index in [0.717, 1.165) is 0 Å². The summed E-state index contributed by atoms with van der Waals surface area (Å²) in [5.74, 6) is -2.39. The van der Waals surface area contributed by atoms with Gasteiger partial charge in [0.25, 0.3) is 0 Å². The van der Waals surface area contributed by atoms with Crippen molar-refractivity contribution < 1.29 is 29.0 Å². The fraction of sp³-hybridized carbons (Fsp3) is 0.750. The van der Waals surface area contributed by atoms with Gasteiger partial charge < -0.3 is 25.4 Å². The van der Waals surface area contributed by atoms with Crippen LogP contribution in [-0.2, 0) is 23.9 Å². The van der Waals surface area contributed by atoms with Crippen LogP contribution in [-0.4, -0.2) is 72.1 Å². The zero-order chi connectivity index (χ0) is 19.0. The summed E-state index contributed by atoms with van der Waals surface area (Å²) >= 11 is 0. The van der Waals surface area contributed by atoms with Gasteiger partial charge in [-0.25, -0.2) is 4.79 Å². The van der Waals surface area contributed by atoms with Crippen molar-refractivity contribution in [2.24, 2.45) is 0 Å². The monoisotopic (exact) mass is 357 g/mol. The van der Waals surface area contributed by atoms with E-state index in [1.165, 1.54) is 4.90 Å². The van der Waals surface area contributed by atoms with E-state index in [2.05, 4.69) is 10.6 Å². The van der Waals surface area contributed by atoms with Crippen molar-refractivity contribution in [2.75, 3.05) is 20.1 Å². The fourth-order valence-electron chi connectivity index (χ4n) is 2.69. The molecule has 0 aliphatic carbocycles. The van der Waals surface area contributed by atoms with E-state index in [1.807, 2.05) is 0 Å². The lowest BCUT2D eigenvalue weighted by atomic mass is 10.1. The second-order valence-corrected chi connectivity index (χ2v) is 6.25. The first-order valence-electron chi connectivity index (χ1n) is 8.43. The van der Waals surface area contributed by atoms with Gasteiger partial charge in [-0.1, -0.05) is 0 Å². The van der Waals surface area contributed by atoms with Gasteiger partial charge in [-0.2, -0.15) is 0 Å². The SMILES string of the molecule is CNCC(=O)N1CCC[C@H]1C(=O)N[C@@H](CCC(=O)O)C(=O)OC(C)C. The standard InChI is InChI=1S/C16H27N3O6/c1-10(2)25-16(24)11(6-7-14(21)22)18-15(23)12-5-4-8-19(12)13(20)9-17-3/h10-12,17H,4-9H2,1-3H3,(H,18,23)(H,21,22)/t11-,12-/m0/s1. The lowest BCUT2D eigenvalue weighted by molar-refractivity contribution is -0.152. The van der Waals surface area contributed by atoms with Gasteiger partial charge in [0.15, 0.2) is 0 Å². The molecule has 9 nitrogen and oxygen atoms in total. The Hall–Kier alpha value is -2.16. The number of rotatable bonds is 9. The molecule has 1 aliphatic heterocycles. The third-order valence-corrected chi connectivity index (χ3v) is 3.80. The van der Waals surface area contributed by atoms with Crippen LogP contribution in [0.4, 0.5) is 0 Å². The molecule has 2 atom stereocenters. The van der Waals surface area contributed by atoms with Crippen molar-refractivity contribution in [3.8, 4) is 0 Å². The third kappa shape index (κ3) is 6.69. The molecule has 2 amide bonds. The van der Waals surface area contributed by atoms with Crippen LogP contribution in [0.15, 0.2) is 0 Å². The van der Waals surface area contributed by atoms with E-state index < -0.39 is 29.9 Å². The lowest BCUT2D eigenvalue weighted by Gasteiger charge is -2.26. The number of hydrogen-bond donors (Lipinski definition) is 3. The molecule has 0 bridgehead atoms. The van der Waals surface area contributed by atoms with E-state index in [9.17, 15) is 19.2 Å². The van der Waals surface area contributed by atoms with Gasteiger partial charge in [-0.05, 0) is 40.2 Å². The molecule has 0 spiro atoms. The number of carbonyl (C=O) groups is 4. The van der Waals surface area contributed by atoms with Crippen molar-refractivity contribution in [1.29, 1.82) is 0 Å². The molecule has 1 fully saturated rings. The molecule has 142 valence electrons. The van der Waals surface area contributed by atoms with Crippen LogP contribution >= 0.6 is 0 Å². The molecule has 1 saturated heterocycles. The minimum Gasteiger partial charge on any atom is -0.481 e. The van der Waals surface area contributed by atoms with Gasteiger partial charge >= 0.3 is 11.9 Å². The van der Waals surface area contributed by atoms with E-state index in [4.69, 9.17) is 9.84 Å². The highest BCUT2D eigenvalue weighted by Crippen LogP contribution is 2.18. The van der Waals surface area contributed by atoms with Gasteiger partial charge in [0.05, 0.1) is 12.6 Å². The molecule has 25 heavy (non-hydrogen) atoms. The van der Waals surface area contributed by atoms with Crippen molar-refractivity contribution in [2.45, 2.75) is 57.7 Å². The highest BCUT2D eigenvalue weighted by atomic mass is 16.5. The summed E-state index contributed by atoms with van der Waals surface area (Å²) in [4.78, 5) is 49.0. The first-order chi connectivity index (χ1) is 11.8. The summed E-state index contributed by atoms with van der Waals surface area (Å²) < 4.78 is 5.08. The predicted molar refractivity (Wildman–Crippen MR) is 88.7 cm³/mol. The second-order valence-electron chi connectivity index (χ2n) is 6.25. The minimum atomic E-state index is -1.07. The topological polar surface area (TPSA) is 125 Å². The summed E-state index contributed by atoms with van der Waals surface area (Å²) in [7, 11) is 1.65. The molecule has 1 heterocycles. The van der Waals surface area contributed by atoms with Crippen molar-refractivity contribution in [3.05, 3.63) is 0 Å². The number of nitrogens with zero attached hydrogens (tertiary/aromatic N) is 1. The molecule has 0 radical (unpaired) electrons. The highest BCUT2D eigenvalue weighted by molar-refractivity contribution is 5.91. The van der Waals surface area contributed by atoms with Gasteiger partial charge in [-0.3, -0.25) is 14.4 Å². The van der Waals surface area contributed by atoms with Gasteiger partial charge in [0.1, 0.15) is 12.1 Å². The summed E-state index contributed by atoms with van der Waals surface area (Å²) in [5, 5.41) is 14.1. The summed E-state index contributed by atoms with van der Waals surface area (Å²) in [6.07, 6.45) is 0.488. The van der Waals surface area contributed by atoms with E-state index in [1.54, 1.807) is 20.9 Å². The van der Waals surface area contributed by atoms with Crippen LogP contribution in [0, 0.1) is 0 Å². The molecule has 0 saturated carbocycles. The number of nitrogens with one attached hydrogen (secondary N) is 2. The fourth-order valence-corrected chi connectivity index (χ4v) is 2.69. The first kappa shape index (κ1) is 20.9. The molecule has 0 aromatic heterocycles. The maximum Gasteiger partial charge on any atom is 0.328 e. The van der Waals surface area contributed by atoms with E-state index in [-0.39, 0.29) is 31.4 Å². The largest absolute Gasteiger partial charge is 0.481 e. The number of ether oxygens (including phenoxy) is 1. The average molecular weight is 357 g/mol. The lowest BCUT2D eigenvalue weighted by Crippen LogP contribution is -2.52. The summed E-state index contributed by atoms with van der Waals surface area (Å²) in [6.45, 7) is 3.95. The summed E-state index contributed by atoms with van der Waals surface area (Å²) in [6, 6.07) is -1.70. The smallest absolute Gasteiger partial charge is 0.328 e. The Bertz CT molecular complexity index is 508. The molecule has 0 aromatic rings. The number of amides is 2. The van der Waals surface area contributed by atoms with Crippen LogP contribution in [0.3, 0.4) is 0 Å². The number of hydrogen-bond acceptors (Lipinski definition) is 6. The average Bonchev–Trinajstić information content (AvgIpc) is 3.00. The Labute approximate surface area is 147 Å². The normalized spacial score (nSPS) is 18.1. The first-order valence-corrected chi connectivity index (χ1v) is 8.43. The van der Waals surface area contributed by atoms with Gasteiger partial charge in [0.2, 0.25) is 11.8 Å². The molecule has 1 rings (SSSR count). The number of carbonyl (C=O) groups excluding carboxylic acids is 3. The van der Waals surface area contributed by atoms with Crippen molar-refractivity contribution >= 4 is 23.8 Å². The maximum atomic E-state index is 12.5. The molecule has 9 heteroatoms. The molecule has 0 unspecified atom stereocenters. The Kier molecular flexibility index (Phi) is 8.33. The van der Waals surface area contributed by atoms with Crippen LogP contribution in [0.25, 0.3) is 0 Å². The quantitative estimate of drug-likeness (QED) is 0.475. The zero-order valence-corrected chi connectivity index (χ0v) is 14.9. The number of likely N-dealkylation sites (tertiary alicyclic amines) is 1. The second kappa shape index (κ2) is 9.97. The maximum absolute atomic E-state index is 12.5. The van der Waals surface area contributed by atoms with Crippen LogP contribution < -0.4 is 10.6 Å². The van der Waals surface area contributed by atoms with Crippen molar-refractivity contribution in [1.82, 2.24) is 15.5 Å². The predicted octanol–water partition coefficient (Wildman–Crippen LogP) is -0.502.